The SMILES string of the molecule is CCc1ccc(C#C/C=C/C#CC2CCC(CC)CC2)cc1. The quantitative estimate of drug-likeness (QED) is 0.642. The van der Waals surface area contributed by atoms with Gasteiger partial charge in [-0.05, 0) is 67.9 Å². The maximum absolute atomic E-state index is 3.38. The lowest BCUT2D eigenvalue weighted by Gasteiger charge is -2.24. The topological polar surface area (TPSA) is 0 Å². The minimum Gasteiger partial charge on any atom is -0.0951 e. The van der Waals surface area contributed by atoms with Crippen molar-refractivity contribution in [3.05, 3.63) is 47.5 Å². The van der Waals surface area contributed by atoms with Gasteiger partial charge in [-0.15, -0.1) is 0 Å². The predicted octanol–water partition coefficient (Wildman–Crippen LogP) is 5.38. The minimum atomic E-state index is 0.599. The first kappa shape index (κ1) is 16.5. The first-order valence-electron chi connectivity index (χ1n) is 8.58. The second-order valence-electron chi connectivity index (χ2n) is 6.07. The largest absolute Gasteiger partial charge is 0.0951 e. The van der Waals surface area contributed by atoms with E-state index in [2.05, 4.69) is 61.8 Å². The molecular formula is C22H26. The molecule has 22 heavy (non-hydrogen) atoms. The van der Waals surface area contributed by atoms with Gasteiger partial charge in [0.2, 0.25) is 0 Å². The minimum absolute atomic E-state index is 0.599. The average Bonchev–Trinajstić information content (AvgIpc) is 2.59. The molecular weight excluding hydrogens is 264 g/mol. The summed E-state index contributed by atoms with van der Waals surface area (Å²) in [5.74, 6) is 14.3. The molecule has 1 aliphatic carbocycles. The Balaban J connectivity index is 1.79. The number of rotatable bonds is 2. The van der Waals surface area contributed by atoms with Gasteiger partial charge in [-0.2, -0.15) is 0 Å². The molecule has 0 bridgehead atoms. The molecule has 1 aromatic rings. The Morgan fingerprint density at radius 1 is 0.955 bits per heavy atom. The molecule has 0 saturated heterocycles. The van der Waals surface area contributed by atoms with E-state index in [9.17, 15) is 0 Å². The normalized spacial score (nSPS) is 20.8. The predicted molar refractivity (Wildman–Crippen MR) is 95.4 cm³/mol. The summed E-state index contributed by atoms with van der Waals surface area (Å²) in [5, 5.41) is 0. The van der Waals surface area contributed by atoms with E-state index in [-0.39, 0.29) is 0 Å². The van der Waals surface area contributed by atoms with Crippen LogP contribution in [0.15, 0.2) is 36.4 Å². The lowest BCUT2D eigenvalue weighted by atomic mass is 9.81. The van der Waals surface area contributed by atoms with Gasteiger partial charge < -0.3 is 0 Å². The molecule has 0 N–H and O–H groups in total. The Hall–Kier alpha value is -1.92. The maximum Gasteiger partial charge on any atom is 0.0249 e. The Morgan fingerprint density at radius 2 is 1.64 bits per heavy atom. The van der Waals surface area contributed by atoms with Crippen molar-refractivity contribution in [1.82, 2.24) is 0 Å². The van der Waals surface area contributed by atoms with E-state index in [1.165, 1.54) is 37.7 Å². The summed E-state index contributed by atoms with van der Waals surface area (Å²) in [7, 11) is 0. The van der Waals surface area contributed by atoms with Crippen LogP contribution in [0.3, 0.4) is 0 Å². The lowest BCUT2D eigenvalue weighted by molar-refractivity contribution is 0.309. The van der Waals surface area contributed by atoms with Gasteiger partial charge >= 0.3 is 0 Å². The molecule has 0 unspecified atom stereocenters. The van der Waals surface area contributed by atoms with Crippen LogP contribution in [0.25, 0.3) is 0 Å². The van der Waals surface area contributed by atoms with E-state index < -0.39 is 0 Å². The summed E-state index contributed by atoms with van der Waals surface area (Å²) in [6, 6.07) is 8.44. The van der Waals surface area contributed by atoms with Crippen molar-refractivity contribution in [2.24, 2.45) is 11.8 Å². The summed E-state index contributed by atoms with van der Waals surface area (Å²) in [5.41, 5.74) is 2.41. The molecule has 0 radical (unpaired) electrons. The second kappa shape index (κ2) is 9.17. The molecule has 0 atom stereocenters. The van der Waals surface area contributed by atoms with Gasteiger partial charge in [0.05, 0.1) is 0 Å². The van der Waals surface area contributed by atoms with Crippen LogP contribution in [0.2, 0.25) is 0 Å². The molecule has 0 amide bonds. The molecule has 0 aromatic heterocycles. The van der Waals surface area contributed by atoms with E-state index in [0.29, 0.717) is 5.92 Å². The van der Waals surface area contributed by atoms with E-state index >= 15 is 0 Å². The van der Waals surface area contributed by atoms with Crippen LogP contribution in [-0.2, 0) is 6.42 Å². The smallest absolute Gasteiger partial charge is 0.0249 e. The maximum atomic E-state index is 3.38. The molecule has 0 aliphatic heterocycles. The molecule has 1 aromatic carbocycles. The fraction of sp³-hybridized carbons (Fsp3) is 0.455. The highest BCUT2D eigenvalue weighted by Gasteiger charge is 2.17. The zero-order valence-corrected chi connectivity index (χ0v) is 13.9. The molecule has 0 spiro atoms. The van der Waals surface area contributed by atoms with Gasteiger partial charge in [0.15, 0.2) is 0 Å². The van der Waals surface area contributed by atoms with Crippen molar-refractivity contribution < 1.29 is 0 Å². The zero-order chi connectivity index (χ0) is 15.6. The monoisotopic (exact) mass is 290 g/mol. The summed E-state index contributed by atoms with van der Waals surface area (Å²) in [6.07, 6.45) is 11.4. The highest BCUT2D eigenvalue weighted by molar-refractivity contribution is 5.39. The van der Waals surface area contributed by atoms with Crippen LogP contribution in [0.1, 0.15) is 57.1 Å². The molecule has 0 heteroatoms. The third-order valence-corrected chi connectivity index (χ3v) is 4.54. The summed E-state index contributed by atoms with van der Waals surface area (Å²) in [6.45, 7) is 4.46. The zero-order valence-electron chi connectivity index (χ0n) is 13.9. The number of benzene rings is 1. The Morgan fingerprint density at radius 3 is 2.27 bits per heavy atom. The van der Waals surface area contributed by atoms with E-state index in [1.807, 2.05) is 12.2 Å². The lowest BCUT2D eigenvalue weighted by Crippen LogP contribution is -2.12. The fourth-order valence-corrected chi connectivity index (χ4v) is 2.91. The highest BCUT2D eigenvalue weighted by Crippen LogP contribution is 2.29. The second-order valence-corrected chi connectivity index (χ2v) is 6.07. The first-order valence-corrected chi connectivity index (χ1v) is 8.58. The Kier molecular flexibility index (Phi) is 6.86. The van der Waals surface area contributed by atoms with Crippen LogP contribution in [0, 0.1) is 35.5 Å². The van der Waals surface area contributed by atoms with E-state index in [4.69, 9.17) is 0 Å². The van der Waals surface area contributed by atoms with Crippen molar-refractivity contribution >= 4 is 0 Å². The number of allylic oxidation sites excluding steroid dienone is 2. The van der Waals surface area contributed by atoms with Gasteiger partial charge in [-0.1, -0.05) is 56.1 Å². The van der Waals surface area contributed by atoms with Crippen LogP contribution in [-0.4, -0.2) is 0 Å². The van der Waals surface area contributed by atoms with Gasteiger partial charge in [0, 0.05) is 11.5 Å². The van der Waals surface area contributed by atoms with Crippen molar-refractivity contribution in [3.8, 4) is 23.7 Å². The number of aryl methyl sites for hydroxylation is 1. The van der Waals surface area contributed by atoms with Gasteiger partial charge in [-0.25, -0.2) is 0 Å². The van der Waals surface area contributed by atoms with E-state index in [1.54, 1.807) is 0 Å². The molecule has 0 heterocycles. The van der Waals surface area contributed by atoms with Crippen molar-refractivity contribution in [3.63, 3.8) is 0 Å². The Bertz CT molecular complexity index is 587. The molecule has 2 rings (SSSR count). The van der Waals surface area contributed by atoms with E-state index in [0.717, 1.165) is 17.9 Å². The number of hydrogen-bond donors (Lipinski definition) is 0. The van der Waals surface area contributed by atoms with Crippen molar-refractivity contribution in [1.29, 1.82) is 0 Å². The van der Waals surface area contributed by atoms with Crippen LogP contribution >= 0.6 is 0 Å². The van der Waals surface area contributed by atoms with Crippen LogP contribution < -0.4 is 0 Å². The van der Waals surface area contributed by atoms with Crippen molar-refractivity contribution in [2.75, 3.05) is 0 Å². The van der Waals surface area contributed by atoms with Gasteiger partial charge in [-0.3, -0.25) is 0 Å². The third-order valence-electron chi connectivity index (χ3n) is 4.54. The third kappa shape index (κ3) is 5.46. The molecule has 1 saturated carbocycles. The summed E-state index contributed by atoms with van der Waals surface area (Å²) < 4.78 is 0. The molecule has 114 valence electrons. The van der Waals surface area contributed by atoms with Gasteiger partial charge in [0.1, 0.15) is 0 Å². The average molecular weight is 290 g/mol. The van der Waals surface area contributed by atoms with Gasteiger partial charge in [0.25, 0.3) is 0 Å². The molecule has 0 nitrogen and oxygen atoms in total. The molecule has 1 fully saturated rings. The fourth-order valence-electron chi connectivity index (χ4n) is 2.91. The first-order chi connectivity index (χ1) is 10.8. The summed E-state index contributed by atoms with van der Waals surface area (Å²) >= 11 is 0. The standard InChI is InChI=1S/C22H26/c1-3-19-11-15-21(16-12-19)9-7-5-6-8-10-22-17-13-20(4-2)14-18-22/h5-6,11-12,15-16,20,22H,3-4,13-14,17-18H2,1-2H3/b6-5+. The Labute approximate surface area is 136 Å². The summed E-state index contributed by atoms with van der Waals surface area (Å²) in [4.78, 5) is 0. The van der Waals surface area contributed by atoms with Crippen LogP contribution in [0.4, 0.5) is 0 Å². The number of hydrogen-bond acceptors (Lipinski definition) is 0. The molecule has 1 aliphatic rings. The van der Waals surface area contributed by atoms with Crippen LogP contribution in [0.5, 0.6) is 0 Å². The van der Waals surface area contributed by atoms with Crippen molar-refractivity contribution in [2.45, 2.75) is 52.4 Å². The highest BCUT2D eigenvalue weighted by atomic mass is 14.2.